The Morgan fingerprint density at radius 2 is 2.03 bits per heavy atom. The molecule has 0 unspecified atom stereocenters. The smallest absolute Gasteiger partial charge is 0.324 e. The van der Waals surface area contributed by atoms with Gasteiger partial charge in [-0.25, -0.2) is 9.78 Å². The molecule has 4 rings (SSSR count). The largest absolute Gasteiger partial charge is 0.497 e. The van der Waals surface area contributed by atoms with Crippen molar-refractivity contribution in [2.45, 2.75) is 25.6 Å². The molecule has 1 aliphatic heterocycles. The maximum atomic E-state index is 13.1. The van der Waals surface area contributed by atoms with Gasteiger partial charge in [0, 0.05) is 19.6 Å². The molecule has 9 heteroatoms. The Labute approximate surface area is 191 Å². The van der Waals surface area contributed by atoms with Gasteiger partial charge in [-0.2, -0.15) is 11.8 Å². The first-order valence-electron chi connectivity index (χ1n) is 10.5. The second-order valence-electron chi connectivity index (χ2n) is 7.56. The minimum absolute atomic E-state index is 0.206. The lowest BCUT2D eigenvalue weighted by Gasteiger charge is -2.22. The van der Waals surface area contributed by atoms with Crippen LogP contribution in [0, 0.1) is 0 Å². The number of thioether (sulfide) groups is 1. The van der Waals surface area contributed by atoms with Gasteiger partial charge < -0.3 is 19.9 Å². The number of nitrogens with zero attached hydrogens (tertiary/aromatic N) is 3. The predicted octanol–water partition coefficient (Wildman–Crippen LogP) is 3.01. The van der Waals surface area contributed by atoms with E-state index in [2.05, 4.69) is 15.6 Å². The molecule has 0 bridgehead atoms. The molecule has 0 saturated heterocycles. The quantitative estimate of drug-likeness (QED) is 0.547. The number of fused-ring (bicyclic) bond motifs is 3. The lowest BCUT2D eigenvalue weighted by atomic mass is 10.2. The van der Waals surface area contributed by atoms with Gasteiger partial charge in [0.15, 0.2) is 0 Å². The van der Waals surface area contributed by atoms with Crippen LogP contribution in [0.15, 0.2) is 48.5 Å². The van der Waals surface area contributed by atoms with Crippen molar-refractivity contribution in [3.63, 3.8) is 0 Å². The molecule has 1 aromatic heterocycles. The molecule has 3 aromatic rings. The SMILES string of the molecule is COc1cccc(CNC(=O)[C@H](CCSC)NC(=O)N2CCn3c2nc2ccccc23)c1. The van der Waals surface area contributed by atoms with E-state index in [1.807, 2.05) is 59.4 Å². The summed E-state index contributed by atoms with van der Waals surface area (Å²) < 4.78 is 7.27. The molecule has 0 spiro atoms. The van der Waals surface area contributed by atoms with Crippen molar-refractivity contribution in [1.29, 1.82) is 0 Å². The third-order valence-corrected chi connectivity index (χ3v) is 6.14. The van der Waals surface area contributed by atoms with Crippen molar-refractivity contribution in [1.82, 2.24) is 20.2 Å². The van der Waals surface area contributed by atoms with E-state index in [1.54, 1.807) is 23.8 Å². The van der Waals surface area contributed by atoms with Crippen LogP contribution in [0.25, 0.3) is 11.0 Å². The monoisotopic (exact) mass is 453 g/mol. The summed E-state index contributed by atoms with van der Waals surface area (Å²) in [6.45, 7) is 1.57. The van der Waals surface area contributed by atoms with Crippen LogP contribution in [-0.4, -0.2) is 53.2 Å². The van der Waals surface area contributed by atoms with E-state index in [4.69, 9.17) is 4.74 Å². The average Bonchev–Trinajstić information content (AvgIpc) is 3.39. The number of hydrogen-bond acceptors (Lipinski definition) is 5. The van der Waals surface area contributed by atoms with E-state index in [0.29, 0.717) is 32.0 Å². The molecule has 2 aromatic carbocycles. The van der Waals surface area contributed by atoms with Gasteiger partial charge in [-0.05, 0) is 48.3 Å². The molecule has 0 fully saturated rings. The number of benzene rings is 2. The van der Waals surface area contributed by atoms with Crippen LogP contribution >= 0.6 is 11.8 Å². The van der Waals surface area contributed by atoms with Crippen LogP contribution in [0.5, 0.6) is 5.75 Å². The Hall–Kier alpha value is -3.20. The van der Waals surface area contributed by atoms with Crippen molar-refractivity contribution in [3.8, 4) is 5.75 Å². The summed E-state index contributed by atoms with van der Waals surface area (Å²) >= 11 is 1.64. The molecule has 32 heavy (non-hydrogen) atoms. The number of ether oxygens (including phenoxy) is 1. The van der Waals surface area contributed by atoms with E-state index >= 15 is 0 Å². The van der Waals surface area contributed by atoms with Crippen molar-refractivity contribution in [2.75, 3.05) is 30.6 Å². The number of hydrogen-bond donors (Lipinski definition) is 2. The zero-order valence-corrected chi connectivity index (χ0v) is 19.0. The van der Waals surface area contributed by atoms with Crippen molar-refractivity contribution < 1.29 is 14.3 Å². The lowest BCUT2D eigenvalue weighted by molar-refractivity contribution is -0.123. The van der Waals surface area contributed by atoms with E-state index in [0.717, 1.165) is 28.1 Å². The topological polar surface area (TPSA) is 88.5 Å². The fourth-order valence-electron chi connectivity index (χ4n) is 3.81. The van der Waals surface area contributed by atoms with Crippen LogP contribution in [-0.2, 0) is 17.9 Å². The molecule has 8 nitrogen and oxygen atoms in total. The average molecular weight is 454 g/mol. The summed E-state index contributed by atoms with van der Waals surface area (Å²) in [7, 11) is 1.61. The maximum absolute atomic E-state index is 13.1. The van der Waals surface area contributed by atoms with Gasteiger partial charge >= 0.3 is 6.03 Å². The highest BCUT2D eigenvalue weighted by molar-refractivity contribution is 7.98. The molecule has 2 heterocycles. The van der Waals surface area contributed by atoms with Crippen LogP contribution < -0.4 is 20.3 Å². The molecule has 1 aliphatic rings. The summed E-state index contributed by atoms with van der Waals surface area (Å²) in [5, 5.41) is 5.86. The van der Waals surface area contributed by atoms with Crippen LogP contribution in [0.4, 0.5) is 10.7 Å². The highest BCUT2D eigenvalue weighted by Crippen LogP contribution is 2.27. The Morgan fingerprint density at radius 3 is 2.84 bits per heavy atom. The molecule has 3 amide bonds. The first-order valence-corrected chi connectivity index (χ1v) is 11.9. The highest BCUT2D eigenvalue weighted by atomic mass is 32.2. The number of anilines is 1. The van der Waals surface area contributed by atoms with Gasteiger partial charge in [0.05, 0.1) is 18.1 Å². The van der Waals surface area contributed by atoms with E-state index in [-0.39, 0.29) is 11.9 Å². The van der Waals surface area contributed by atoms with Crippen molar-refractivity contribution in [3.05, 3.63) is 54.1 Å². The third-order valence-electron chi connectivity index (χ3n) is 5.49. The van der Waals surface area contributed by atoms with Crippen LogP contribution in [0.2, 0.25) is 0 Å². The molecule has 2 N–H and O–H groups in total. The fourth-order valence-corrected chi connectivity index (χ4v) is 4.28. The number of imidazole rings is 1. The van der Waals surface area contributed by atoms with E-state index in [9.17, 15) is 9.59 Å². The van der Waals surface area contributed by atoms with Crippen LogP contribution in [0.3, 0.4) is 0 Å². The first-order chi connectivity index (χ1) is 15.6. The van der Waals surface area contributed by atoms with Crippen molar-refractivity contribution in [2.24, 2.45) is 0 Å². The standard InChI is InChI=1S/C23H27N5O3S/c1-31-17-7-5-6-16(14-17)15-24-21(29)19(10-13-32-2)26-23(30)28-12-11-27-20-9-4-3-8-18(20)25-22(27)28/h3-9,14,19H,10-13,15H2,1-2H3,(H,24,29)(H,26,30)/t19-/m0/s1. The number of carbonyl (C=O) groups excluding carboxylic acids is 2. The fraction of sp³-hybridized carbons (Fsp3) is 0.348. The Bertz CT molecular complexity index is 1120. The first kappa shape index (κ1) is 22.0. The Morgan fingerprint density at radius 1 is 1.19 bits per heavy atom. The van der Waals surface area contributed by atoms with Gasteiger partial charge in [-0.3, -0.25) is 9.69 Å². The number of para-hydroxylation sites is 2. The number of amides is 3. The minimum Gasteiger partial charge on any atom is -0.497 e. The predicted molar refractivity (Wildman–Crippen MR) is 127 cm³/mol. The molecule has 1 atom stereocenters. The van der Waals surface area contributed by atoms with Gasteiger partial charge in [-0.1, -0.05) is 24.3 Å². The number of methoxy groups -OCH3 is 1. The molecule has 168 valence electrons. The molecule has 0 saturated carbocycles. The highest BCUT2D eigenvalue weighted by Gasteiger charge is 2.31. The molecular weight excluding hydrogens is 426 g/mol. The molecule has 0 radical (unpaired) electrons. The number of nitrogens with one attached hydrogen (secondary N) is 2. The number of aromatic nitrogens is 2. The zero-order chi connectivity index (χ0) is 22.5. The molecule has 0 aliphatic carbocycles. The van der Waals surface area contributed by atoms with Crippen molar-refractivity contribution >= 4 is 40.7 Å². The van der Waals surface area contributed by atoms with Gasteiger partial charge in [0.25, 0.3) is 0 Å². The van der Waals surface area contributed by atoms with Gasteiger partial charge in [0.1, 0.15) is 11.8 Å². The second-order valence-corrected chi connectivity index (χ2v) is 8.54. The minimum atomic E-state index is -0.626. The third kappa shape index (κ3) is 4.67. The van der Waals surface area contributed by atoms with Gasteiger partial charge in [-0.15, -0.1) is 0 Å². The Balaban J connectivity index is 1.43. The normalized spacial score (nSPS) is 13.6. The lowest BCUT2D eigenvalue weighted by Crippen LogP contribution is -2.51. The summed E-state index contributed by atoms with van der Waals surface area (Å²) in [4.78, 5) is 32.2. The second kappa shape index (κ2) is 9.95. The van der Waals surface area contributed by atoms with Crippen LogP contribution in [0.1, 0.15) is 12.0 Å². The summed E-state index contributed by atoms with van der Waals surface area (Å²) in [5.41, 5.74) is 2.80. The van der Waals surface area contributed by atoms with E-state index < -0.39 is 6.04 Å². The van der Waals surface area contributed by atoms with E-state index in [1.165, 1.54) is 0 Å². The Kier molecular flexibility index (Phi) is 6.84. The number of urea groups is 1. The summed E-state index contributed by atoms with van der Waals surface area (Å²) in [6.07, 6.45) is 2.52. The zero-order valence-electron chi connectivity index (χ0n) is 18.2. The maximum Gasteiger partial charge on any atom is 0.324 e. The summed E-state index contributed by atoms with van der Waals surface area (Å²) in [6, 6.07) is 14.4. The summed E-state index contributed by atoms with van der Waals surface area (Å²) in [5.74, 6) is 1.91. The molecular formula is C23H27N5O3S. The van der Waals surface area contributed by atoms with Gasteiger partial charge in [0.2, 0.25) is 11.9 Å². The number of rotatable bonds is 8. The number of carbonyl (C=O) groups is 2.